The SMILES string of the molecule is Cc1cn([C@H]2C[C@H](O)[C@@H](COP(=O)([O-])OP(=O)([O-])O[C@H]3O[C@H](C)C(=O)[C@@H](O)[C@H]3O)O2)c(=O)[nH]c1=O. The van der Waals surface area contributed by atoms with Crippen molar-refractivity contribution in [1.29, 1.82) is 0 Å². The van der Waals surface area contributed by atoms with E-state index >= 15 is 0 Å². The minimum Gasteiger partial charge on any atom is -0.756 e. The maximum Gasteiger partial charge on any atom is 0.330 e. The summed E-state index contributed by atoms with van der Waals surface area (Å²) < 4.78 is 47.8. The minimum absolute atomic E-state index is 0.171. The van der Waals surface area contributed by atoms with Crippen LogP contribution in [0.5, 0.6) is 0 Å². The lowest BCUT2D eigenvalue weighted by Gasteiger charge is -2.38. The van der Waals surface area contributed by atoms with Crippen LogP contribution in [0.4, 0.5) is 0 Å². The van der Waals surface area contributed by atoms with Gasteiger partial charge in [-0.3, -0.25) is 32.8 Å². The molecule has 198 valence electrons. The number of aliphatic hydroxyl groups is 3. The average Bonchev–Trinajstić information content (AvgIpc) is 3.11. The van der Waals surface area contributed by atoms with Crippen molar-refractivity contribution in [2.45, 2.75) is 63.3 Å². The molecule has 2 unspecified atom stereocenters. The highest BCUT2D eigenvalue weighted by molar-refractivity contribution is 7.59. The van der Waals surface area contributed by atoms with E-state index in [0.717, 1.165) is 11.5 Å². The number of hydrogen-bond donors (Lipinski definition) is 4. The molecule has 0 spiro atoms. The van der Waals surface area contributed by atoms with Gasteiger partial charge in [0.15, 0.2) is 12.1 Å². The highest BCUT2D eigenvalue weighted by atomic mass is 31.3. The zero-order valence-electron chi connectivity index (χ0n) is 18.1. The van der Waals surface area contributed by atoms with Gasteiger partial charge in [0, 0.05) is 18.2 Å². The Kier molecular flexibility index (Phi) is 8.33. The maximum atomic E-state index is 12.0. The molecule has 2 saturated heterocycles. The topological polar surface area (TPSA) is 259 Å². The van der Waals surface area contributed by atoms with Crippen LogP contribution in [0.15, 0.2) is 15.8 Å². The number of phosphoric acid groups is 2. The summed E-state index contributed by atoms with van der Waals surface area (Å²) in [6.07, 6.45) is -10.5. The number of ether oxygens (including phenoxy) is 2. The molecule has 9 atom stereocenters. The van der Waals surface area contributed by atoms with Crippen LogP contribution in [-0.2, 0) is 36.8 Å². The van der Waals surface area contributed by atoms with Crippen molar-refractivity contribution >= 4 is 21.4 Å². The Labute approximate surface area is 196 Å². The Balaban J connectivity index is 1.59. The summed E-state index contributed by atoms with van der Waals surface area (Å²) in [6, 6.07) is 0. The molecular formula is C16H22N2O15P2-2. The van der Waals surface area contributed by atoms with Gasteiger partial charge in [0.2, 0.25) is 0 Å². The predicted octanol–water partition coefficient (Wildman–Crippen LogP) is -3.48. The van der Waals surface area contributed by atoms with Crippen LogP contribution in [0.3, 0.4) is 0 Å². The van der Waals surface area contributed by atoms with Gasteiger partial charge in [-0.25, -0.2) is 9.11 Å². The molecule has 0 bridgehead atoms. The van der Waals surface area contributed by atoms with Gasteiger partial charge in [0.25, 0.3) is 21.2 Å². The van der Waals surface area contributed by atoms with Crippen LogP contribution in [0.25, 0.3) is 0 Å². The van der Waals surface area contributed by atoms with Gasteiger partial charge in [-0.05, 0) is 13.8 Å². The second kappa shape index (κ2) is 10.4. The van der Waals surface area contributed by atoms with Crippen LogP contribution >= 0.6 is 15.6 Å². The zero-order chi connectivity index (χ0) is 26.3. The van der Waals surface area contributed by atoms with E-state index in [9.17, 15) is 48.6 Å². The third-order valence-corrected chi connectivity index (χ3v) is 7.65. The highest BCUT2D eigenvalue weighted by Gasteiger charge is 2.44. The maximum absolute atomic E-state index is 12.0. The number of nitrogens with one attached hydrogen (secondary N) is 1. The van der Waals surface area contributed by atoms with Crippen molar-refractivity contribution in [2.24, 2.45) is 0 Å². The molecule has 3 rings (SSSR count). The number of H-pyrrole nitrogens is 1. The van der Waals surface area contributed by atoms with Crippen molar-refractivity contribution in [2.75, 3.05) is 6.61 Å². The van der Waals surface area contributed by atoms with Crippen LogP contribution in [0, 0.1) is 6.92 Å². The van der Waals surface area contributed by atoms with Gasteiger partial charge in [-0.15, -0.1) is 0 Å². The van der Waals surface area contributed by atoms with Gasteiger partial charge in [0.05, 0.1) is 12.7 Å². The normalized spacial score (nSPS) is 34.9. The summed E-state index contributed by atoms with van der Waals surface area (Å²) in [6.45, 7) is 1.63. The molecule has 0 amide bonds. The van der Waals surface area contributed by atoms with E-state index in [1.807, 2.05) is 4.98 Å². The fourth-order valence-corrected chi connectivity index (χ4v) is 5.37. The zero-order valence-corrected chi connectivity index (χ0v) is 19.9. The van der Waals surface area contributed by atoms with Crippen LogP contribution in [-0.4, -0.2) is 74.1 Å². The van der Waals surface area contributed by atoms with Crippen molar-refractivity contribution in [1.82, 2.24) is 9.55 Å². The monoisotopic (exact) mass is 544 g/mol. The molecule has 1 aromatic rings. The Morgan fingerprint density at radius 3 is 2.49 bits per heavy atom. The van der Waals surface area contributed by atoms with Gasteiger partial charge in [-0.1, -0.05) is 0 Å². The first-order valence-corrected chi connectivity index (χ1v) is 12.9. The largest absolute Gasteiger partial charge is 0.756 e. The van der Waals surface area contributed by atoms with Crippen molar-refractivity contribution < 1.29 is 61.9 Å². The first-order chi connectivity index (χ1) is 16.1. The number of Topliss-reactive ketones (excluding diaryl/α,β-unsaturated/α-hetero) is 1. The molecule has 2 aliphatic heterocycles. The molecule has 3 heterocycles. The molecule has 2 fully saturated rings. The number of aromatic nitrogens is 2. The molecule has 0 aromatic carbocycles. The molecule has 4 N–H and O–H groups in total. The number of nitrogens with zero attached hydrogens (tertiary/aromatic N) is 1. The van der Waals surface area contributed by atoms with Gasteiger partial charge < -0.3 is 39.1 Å². The molecule has 2 aliphatic rings. The Morgan fingerprint density at radius 2 is 1.83 bits per heavy atom. The summed E-state index contributed by atoms with van der Waals surface area (Å²) in [5.74, 6) is -0.954. The summed E-state index contributed by atoms with van der Waals surface area (Å²) in [5.41, 5.74) is -1.29. The number of phosphoric ester groups is 2. The summed E-state index contributed by atoms with van der Waals surface area (Å²) in [4.78, 5) is 61.0. The van der Waals surface area contributed by atoms with Crippen molar-refractivity contribution in [3.63, 3.8) is 0 Å². The number of aliphatic hydroxyl groups excluding tert-OH is 3. The van der Waals surface area contributed by atoms with E-state index in [-0.39, 0.29) is 12.0 Å². The van der Waals surface area contributed by atoms with E-state index < -0.39 is 82.3 Å². The van der Waals surface area contributed by atoms with Gasteiger partial charge in [0.1, 0.15) is 30.6 Å². The molecule has 0 saturated carbocycles. The molecule has 1 aromatic heterocycles. The third kappa shape index (κ3) is 6.60. The smallest absolute Gasteiger partial charge is 0.330 e. The second-order valence-corrected chi connectivity index (χ2v) is 10.7. The molecule has 17 nitrogen and oxygen atoms in total. The second-order valence-electron chi connectivity index (χ2n) is 7.77. The lowest BCUT2D eigenvalue weighted by Crippen LogP contribution is -2.54. The van der Waals surface area contributed by atoms with Crippen molar-refractivity contribution in [3.05, 3.63) is 32.6 Å². The van der Waals surface area contributed by atoms with E-state index in [4.69, 9.17) is 9.47 Å². The molecule has 0 radical (unpaired) electrons. The standard InChI is InChI=1S/C16H24N2O15P2/c1-6-4-18(16(24)17-14(6)23)10-3-8(19)9(31-10)5-29-34(25,26)33-35(27,28)32-15-13(22)12(21)11(20)7(2)30-15/h4,7-10,12-13,15,19,21-22H,3,5H2,1-2H3,(H,25,26)(H,27,28)(H,17,23,24)/p-2/t7-,8+,9-,10-,12-,13-,15-/m1/s1. The van der Waals surface area contributed by atoms with E-state index in [0.29, 0.717) is 0 Å². The third-order valence-electron chi connectivity index (χ3n) is 5.12. The first kappa shape index (κ1) is 28.0. The summed E-state index contributed by atoms with van der Waals surface area (Å²) in [7, 11) is -11.4. The predicted molar refractivity (Wildman–Crippen MR) is 105 cm³/mol. The highest BCUT2D eigenvalue weighted by Crippen LogP contribution is 2.56. The number of carbonyl (C=O) groups is 1. The van der Waals surface area contributed by atoms with Crippen molar-refractivity contribution in [3.8, 4) is 0 Å². The summed E-state index contributed by atoms with van der Waals surface area (Å²) in [5, 5.41) is 29.4. The fraction of sp³-hybridized carbons (Fsp3) is 0.688. The van der Waals surface area contributed by atoms with Gasteiger partial charge in [-0.2, -0.15) is 0 Å². The van der Waals surface area contributed by atoms with Crippen LogP contribution < -0.4 is 21.0 Å². The molecule has 0 aliphatic carbocycles. The van der Waals surface area contributed by atoms with Gasteiger partial charge >= 0.3 is 5.69 Å². The van der Waals surface area contributed by atoms with E-state index in [2.05, 4.69) is 13.4 Å². The molecule has 35 heavy (non-hydrogen) atoms. The van der Waals surface area contributed by atoms with Crippen LogP contribution in [0.1, 0.15) is 25.1 Å². The molecular weight excluding hydrogens is 522 g/mol. The Bertz CT molecular complexity index is 1170. The average molecular weight is 544 g/mol. The summed E-state index contributed by atoms with van der Waals surface area (Å²) >= 11 is 0. The first-order valence-electron chi connectivity index (χ1n) is 9.97. The van der Waals surface area contributed by atoms with E-state index in [1.54, 1.807) is 0 Å². The number of hydrogen-bond acceptors (Lipinski definition) is 15. The number of carbonyl (C=O) groups excluding carboxylic acids is 1. The fourth-order valence-electron chi connectivity index (χ4n) is 3.29. The molecule has 19 heteroatoms. The number of ketones is 1. The number of aromatic amines is 1. The van der Waals surface area contributed by atoms with E-state index in [1.165, 1.54) is 13.1 Å². The lowest BCUT2D eigenvalue weighted by molar-refractivity contribution is -0.276. The van der Waals surface area contributed by atoms with Crippen LogP contribution in [0.2, 0.25) is 0 Å². The number of aryl methyl sites for hydroxylation is 1. The Hall–Kier alpha value is -1.59. The quantitative estimate of drug-likeness (QED) is 0.232. The Morgan fingerprint density at radius 1 is 1.17 bits per heavy atom. The minimum atomic E-state index is -5.79. The lowest BCUT2D eigenvalue weighted by atomic mass is 10.0. The number of rotatable bonds is 8.